The van der Waals surface area contributed by atoms with Gasteiger partial charge < -0.3 is 10.1 Å². The van der Waals surface area contributed by atoms with E-state index >= 15 is 0 Å². The van der Waals surface area contributed by atoms with E-state index in [0.717, 1.165) is 6.42 Å². The third kappa shape index (κ3) is 1.34. The van der Waals surface area contributed by atoms with Crippen molar-refractivity contribution in [2.45, 2.75) is 39.3 Å². The lowest BCUT2D eigenvalue weighted by Crippen LogP contribution is -2.48. The first-order valence-corrected chi connectivity index (χ1v) is 5.57. The second kappa shape index (κ2) is 3.54. The molecule has 0 unspecified atom stereocenters. The molecule has 80 valence electrons. The monoisotopic (exact) mass is 197 g/mol. The summed E-state index contributed by atoms with van der Waals surface area (Å²) in [4.78, 5) is 11.6. The van der Waals surface area contributed by atoms with Crippen molar-refractivity contribution in [3.8, 4) is 0 Å². The second-order valence-corrected chi connectivity index (χ2v) is 4.62. The number of esters is 1. The molecule has 1 heterocycles. The van der Waals surface area contributed by atoms with E-state index in [1.807, 2.05) is 6.92 Å². The third-order valence-corrected chi connectivity index (χ3v) is 4.03. The van der Waals surface area contributed by atoms with Gasteiger partial charge in [-0.3, -0.25) is 4.79 Å². The number of hydrogen-bond acceptors (Lipinski definition) is 3. The highest BCUT2D eigenvalue weighted by Gasteiger charge is 2.51. The summed E-state index contributed by atoms with van der Waals surface area (Å²) in [6.07, 6.45) is 1.14. The van der Waals surface area contributed by atoms with Crippen molar-refractivity contribution in [1.82, 2.24) is 5.32 Å². The van der Waals surface area contributed by atoms with Gasteiger partial charge in [-0.1, -0.05) is 13.8 Å². The van der Waals surface area contributed by atoms with Crippen LogP contribution in [0.15, 0.2) is 0 Å². The van der Waals surface area contributed by atoms with Crippen LogP contribution in [0, 0.1) is 17.8 Å². The van der Waals surface area contributed by atoms with E-state index in [2.05, 4.69) is 19.2 Å². The molecular formula is C11H19NO2. The minimum atomic E-state index is -0.0567. The lowest BCUT2D eigenvalue weighted by atomic mass is 9.84. The fraction of sp³-hybridized carbons (Fsp3) is 0.909. The van der Waals surface area contributed by atoms with Crippen molar-refractivity contribution in [1.29, 1.82) is 0 Å². The van der Waals surface area contributed by atoms with Crippen molar-refractivity contribution in [3.63, 3.8) is 0 Å². The first kappa shape index (κ1) is 9.97. The highest BCUT2D eigenvalue weighted by Crippen LogP contribution is 2.44. The van der Waals surface area contributed by atoms with Crippen molar-refractivity contribution in [3.05, 3.63) is 0 Å². The van der Waals surface area contributed by atoms with E-state index < -0.39 is 0 Å². The molecule has 0 radical (unpaired) electrons. The zero-order chi connectivity index (χ0) is 10.3. The van der Waals surface area contributed by atoms with Gasteiger partial charge in [-0.25, -0.2) is 0 Å². The van der Waals surface area contributed by atoms with Crippen molar-refractivity contribution < 1.29 is 9.53 Å². The molecule has 3 heteroatoms. The van der Waals surface area contributed by atoms with E-state index in [9.17, 15) is 4.79 Å². The Kier molecular flexibility index (Phi) is 2.52. The lowest BCUT2D eigenvalue weighted by Gasteiger charge is -2.31. The summed E-state index contributed by atoms with van der Waals surface area (Å²) in [5.74, 6) is 1.79. The number of piperidine rings is 1. The fourth-order valence-electron chi connectivity index (χ4n) is 2.97. The van der Waals surface area contributed by atoms with E-state index in [1.54, 1.807) is 0 Å². The number of rotatable bonds is 2. The van der Waals surface area contributed by atoms with Crippen LogP contribution in [0.5, 0.6) is 0 Å². The number of fused-ring (bicyclic) bond motifs is 2. The second-order valence-electron chi connectivity index (χ2n) is 4.62. The molecule has 0 aromatic rings. The molecule has 1 saturated carbocycles. The van der Waals surface area contributed by atoms with Crippen LogP contribution in [0.25, 0.3) is 0 Å². The smallest absolute Gasteiger partial charge is 0.323 e. The molecule has 2 aliphatic rings. The van der Waals surface area contributed by atoms with E-state index in [-0.39, 0.29) is 12.0 Å². The quantitative estimate of drug-likeness (QED) is 0.676. The first-order chi connectivity index (χ1) is 6.65. The first-order valence-electron chi connectivity index (χ1n) is 5.57. The predicted molar refractivity (Wildman–Crippen MR) is 53.8 cm³/mol. The van der Waals surface area contributed by atoms with Crippen LogP contribution in [0.1, 0.15) is 27.2 Å². The topological polar surface area (TPSA) is 38.3 Å². The van der Waals surface area contributed by atoms with E-state index in [0.29, 0.717) is 30.4 Å². The molecule has 14 heavy (non-hydrogen) atoms. The summed E-state index contributed by atoms with van der Waals surface area (Å²) in [6.45, 7) is 6.86. The summed E-state index contributed by atoms with van der Waals surface area (Å²) < 4.78 is 5.06. The number of nitrogens with one attached hydrogen (secondary N) is 1. The molecule has 3 nitrogen and oxygen atoms in total. The maximum atomic E-state index is 11.6. The molecule has 2 bridgehead atoms. The SMILES string of the molecule is CCOC(=O)[C@H]1N[C@H]2C[C@H]1[C@H](C)[C@H]2C. The Morgan fingerprint density at radius 3 is 2.64 bits per heavy atom. The highest BCUT2D eigenvalue weighted by molar-refractivity contribution is 5.77. The minimum absolute atomic E-state index is 0.0360. The van der Waals surface area contributed by atoms with Crippen molar-refractivity contribution in [2.75, 3.05) is 6.61 Å². The Bertz CT molecular complexity index is 239. The Hall–Kier alpha value is -0.570. The average molecular weight is 197 g/mol. The molecule has 1 aliphatic heterocycles. The van der Waals surface area contributed by atoms with Gasteiger partial charge in [0, 0.05) is 6.04 Å². The van der Waals surface area contributed by atoms with Crippen LogP contribution in [0.3, 0.4) is 0 Å². The summed E-state index contributed by atoms with van der Waals surface area (Å²) >= 11 is 0. The molecule has 2 rings (SSSR count). The Balaban J connectivity index is 2.02. The molecule has 1 aliphatic carbocycles. The molecule has 0 spiro atoms. The molecular weight excluding hydrogens is 178 g/mol. The lowest BCUT2D eigenvalue weighted by molar-refractivity contribution is -0.147. The number of ether oxygens (including phenoxy) is 1. The maximum absolute atomic E-state index is 11.6. The predicted octanol–water partition coefficient (Wildman–Crippen LogP) is 1.18. The van der Waals surface area contributed by atoms with Gasteiger partial charge in [0.05, 0.1) is 6.61 Å². The normalized spacial score (nSPS) is 45.5. The summed E-state index contributed by atoms with van der Waals surface area (Å²) in [5.41, 5.74) is 0. The Labute approximate surface area is 85.2 Å². The van der Waals surface area contributed by atoms with E-state index in [4.69, 9.17) is 4.74 Å². The number of hydrogen-bond donors (Lipinski definition) is 1. The van der Waals surface area contributed by atoms with E-state index in [1.165, 1.54) is 0 Å². The molecule has 1 saturated heterocycles. The van der Waals surface area contributed by atoms with Gasteiger partial charge >= 0.3 is 5.97 Å². The molecule has 5 atom stereocenters. The van der Waals surface area contributed by atoms with Gasteiger partial charge in [0.15, 0.2) is 0 Å². The van der Waals surface area contributed by atoms with Crippen molar-refractivity contribution in [2.24, 2.45) is 17.8 Å². The zero-order valence-corrected chi connectivity index (χ0v) is 9.12. The maximum Gasteiger partial charge on any atom is 0.323 e. The van der Waals surface area contributed by atoms with Crippen LogP contribution in [0.4, 0.5) is 0 Å². The molecule has 0 amide bonds. The van der Waals surface area contributed by atoms with Gasteiger partial charge in [0.1, 0.15) is 6.04 Å². The van der Waals surface area contributed by atoms with Gasteiger partial charge in [0.2, 0.25) is 0 Å². The molecule has 0 aromatic heterocycles. The standard InChI is InChI=1S/C11H19NO2/c1-4-14-11(13)10-8-5-9(12-10)7(3)6(8)2/h6-10,12H,4-5H2,1-3H3/t6-,7-,8+,9+,10+/m1/s1. The average Bonchev–Trinajstić information content (AvgIpc) is 2.68. The van der Waals surface area contributed by atoms with Crippen LogP contribution < -0.4 is 5.32 Å². The van der Waals surface area contributed by atoms with Crippen LogP contribution in [0.2, 0.25) is 0 Å². The number of carbonyl (C=O) groups is 1. The highest BCUT2D eigenvalue weighted by atomic mass is 16.5. The van der Waals surface area contributed by atoms with Gasteiger partial charge in [-0.15, -0.1) is 0 Å². The Morgan fingerprint density at radius 2 is 2.14 bits per heavy atom. The minimum Gasteiger partial charge on any atom is -0.465 e. The van der Waals surface area contributed by atoms with Gasteiger partial charge in [0.25, 0.3) is 0 Å². The van der Waals surface area contributed by atoms with Crippen LogP contribution in [-0.2, 0) is 9.53 Å². The summed E-state index contributed by atoms with van der Waals surface area (Å²) in [5, 5.41) is 3.38. The Morgan fingerprint density at radius 1 is 1.43 bits per heavy atom. The molecule has 0 aromatic carbocycles. The largest absolute Gasteiger partial charge is 0.465 e. The zero-order valence-electron chi connectivity index (χ0n) is 9.12. The third-order valence-electron chi connectivity index (χ3n) is 4.03. The van der Waals surface area contributed by atoms with Gasteiger partial charge in [-0.05, 0) is 31.1 Å². The fourth-order valence-corrected chi connectivity index (χ4v) is 2.97. The number of carbonyl (C=O) groups excluding carboxylic acids is 1. The van der Waals surface area contributed by atoms with Crippen LogP contribution >= 0.6 is 0 Å². The van der Waals surface area contributed by atoms with Crippen LogP contribution in [-0.4, -0.2) is 24.7 Å². The molecule has 2 fully saturated rings. The summed E-state index contributed by atoms with van der Waals surface area (Å²) in [7, 11) is 0. The molecule has 1 N–H and O–H groups in total. The summed E-state index contributed by atoms with van der Waals surface area (Å²) in [6, 6.07) is 0.496. The van der Waals surface area contributed by atoms with Crippen molar-refractivity contribution >= 4 is 5.97 Å². The van der Waals surface area contributed by atoms with Gasteiger partial charge in [-0.2, -0.15) is 0 Å².